The Bertz CT molecular complexity index is 354. The van der Waals surface area contributed by atoms with Crippen molar-refractivity contribution in [1.82, 2.24) is 4.98 Å². The molecule has 15 heavy (non-hydrogen) atoms. The fraction of sp³-hybridized carbons (Fsp3) is 0.500. The molecular weight excluding hydrogens is 205 g/mol. The average Bonchev–Trinajstić information content (AvgIpc) is 2.16. The van der Waals surface area contributed by atoms with E-state index in [1.807, 2.05) is 0 Å². The quantitative estimate of drug-likeness (QED) is 0.716. The third-order valence-corrected chi connectivity index (χ3v) is 2.45. The van der Waals surface area contributed by atoms with E-state index in [0.717, 1.165) is 6.20 Å². The van der Waals surface area contributed by atoms with Crippen LogP contribution in [0.4, 0.5) is 18.9 Å². The van der Waals surface area contributed by atoms with Gasteiger partial charge in [0.25, 0.3) is 5.92 Å². The Balaban J connectivity index is 2.17. The highest BCUT2D eigenvalue weighted by Crippen LogP contribution is 2.29. The van der Waals surface area contributed by atoms with Gasteiger partial charge in [0.05, 0.1) is 24.6 Å². The summed E-state index contributed by atoms with van der Waals surface area (Å²) in [7, 11) is 0. The third kappa shape index (κ3) is 2.40. The molecule has 0 atom stereocenters. The minimum absolute atomic E-state index is 0.0910. The van der Waals surface area contributed by atoms with Gasteiger partial charge in [0.15, 0.2) is 0 Å². The van der Waals surface area contributed by atoms with E-state index in [2.05, 4.69) is 4.98 Å². The highest BCUT2D eigenvalue weighted by atomic mass is 19.3. The lowest BCUT2D eigenvalue weighted by molar-refractivity contribution is -0.0116. The molecule has 0 N–H and O–H groups in total. The standard InChI is InChI=1S/C10H11F3N2/c11-8-4-9(6-14-5-8)15-3-1-2-10(12,13)7-15/h4-6H,1-3,7H2. The first kappa shape index (κ1) is 10.3. The summed E-state index contributed by atoms with van der Waals surface area (Å²) in [6.07, 6.45) is 2.80. The summed E-state index contributed by atoms with van der Waals surface area (Å²) in [5.74, 6) is -3.17. The van der Waals surface area contributed by atoms with E-state index in [1.165, 1.54) is 17.2 Å². The Morgan fingerprint density at radius 3 is 2.80 bits per heavy atom. The molecular formula is C10H11F3N2. The first-order valence-electron chi connectivity index (χ1n) is 4.80. The van der Waals surface area contributed by atoms with E-state index >= 15 is 0 Å². The third-order valence-electron chi connectivity index (χ3n) is 2.45. The molecule has 1 saturated heterocycles. The van der Waals surface area contributed by atoms with Gasteiger partial charge < -0.3 is 4.90 Å². The first-order valence-corrected chi connectivity index (χ1v) is 4.80. The number of alkyl halides is 2. The molecule has 1 aromatic heterocycles. The van der Waals surface area contributed by atoms with Crippen molar-refractivity contribution in [2.45, 2.75) is 18.8 Å². The maximum absolute atomic E-state index is 13.1. The Labute approximate surface area is 85.7 Å². The molecule has 0 saturated carbocycles. The number of nitrogens with zero attached hydrogens (tertiary/aromatic N) is 2. The van der Waals surface area contributed by atoms with Crippen LogP contribution in [0.2, 0.25) is 0 Å². The van der Waals surface area contributed by atoms with E-state index in [0.29, 0.717) is 18.7 Å². The maximum atomic E-state index is 13.1. The molecule has 2 rings (SSSR count). The number of aromatic nitrogens is 1. The summed E-state index contributed by atoms with van der Waals surface area (Å²) in [6.45, 7) is 0.179. The number of rotatable bonds is 1. The predicted molar refractivity (Wildman–Crippen MR) is 50.6 cm³/mol. The molecule has 1 aliphatic heterocycles. The second-order valence-corrected chi connectivity index (χ2v) is 3.74. The maximum Gasteiger partial charge on any atom is 0.265 e. The fourth-order valence-electron chi connectivity index (χ4n) is 1.76. The molecule has 0 aromatic carbocycles. The molecule has 0 spiro atoms. The van der Waals surface area contributed by atoms with Crippen LogP contribution in [0, 0.1) is 5.82 Å². The number of hydrogen-bond donors (Lipinski definition) is 0. The molecule has 1 aromatic rings. The van der Waals surface area contributed by atoms with Crippen molar-refractivity contribution in [2.75, 3.05) is 18.0 Å². The van der Waals surface area contributed by atoms with Crippen LogP contribution in [0.25, 0.3) is 0 Å². The lowest BCUT2D eigenvalue weighted by atomic mass is 10.1. The fourth-order valence-corrected chi connectivity index (χ4v) is 1.76. The van der Waals surface area contributed by atoms with E-state index in [-0.39, 0.29) is 13.0 Å². The van der Waals surface area contributed by atoms with Crippen LogP contribution in [0.1, 0.15) is 12.8 Å². The normalized spacial score (nSPS) is 20.3. The summed E-state index contributed by atoms with van der Waals surface area (Å²) in [4.78, 5) is 5.12. The van der Waals surface area contributed by atoms with Crippen molar-refractivity contribution in [3.8, 4) is 0 Å². The molecule has 5 heteroatoms. The minimum Gasteiger partial charge on any atom is -0.364 e. The number of piperidine rings is 1. The summed E-state index contributed by atoms with van der Waals surface area (Å²) in [6, 6.07) is 1.23. The Morgan fingerprint density at radius 2 is 2.13 bits per heavy atom. The molecule has 2 nitrogen and oxygen atoms in total. The smallest absolute Gasteiger partial charge is 0.265 e. The van der Waals surface area contributed by atoms with Crippen molar-refractivity contribution >= 4 is 5.69 Å². The molecule has 0 aliphatic carbocycles. The Morgan fingerprint density at radius 1 is 1.33 bits per heavy atom. The second kappa shape index (κ2) is 3.72. The molecule has 1 aliphatic rings. The lowest BCUT2D eigenvalue weighted by Crippen LogP contribution is -2.42. The topological polar surface area (TPSA) is 16.1 Å². The first-order chi connectivity index (χ1) is 7.07. The molecule has 82 valence electrons. The minimum atomic E-state index is -2.68. The lowest BCUT2D eigenvalue weighted by Gasteiger charge is -2.33. The van der Waals surface area contributed by atoms with Crippen LogP contribution >= 0.6 is 0 Å². The monoisotopic (exact) mass is 216 g/mol. The van der Waals surface area contributed by atoms with Gasteiger partial charge in [-0.1, -0.05) is 0 Å². The predicted octanol–water partition coefficient (Wildman–Crippen LogP) is 2.46. The molecule has 0 radical (unpaired) electrons. The molecule has 1 fully saturated rings. The van der Waals surface area contributed by atoms with Gasteiger partial charge >= 0.3 is 0 Å². The van der Waals surface area contributed by atoms with Crippen molar-refractivity contribution in [2.24, 2.45) is 0 Å². The van der Waals surface area contributed by atoms with Gasteiger partial charge in [-0.3, -0.25) is 4.98 Å². The summed E-state index contributed by atoms with van der Waals surface area (Å²) >= 11 is 0. The summed E-state index contributed by atoms with van der Waals surface area (Å²) < 4.78 is 39.0. The van der Waals surface area contributed by atoms with Crippen molar-refractivity contribution < 1.29 is 13.2 Å². The zero-order valence-corrected chi connectivity index (χ0v) is 8.09. The second-order valence-electron chi connectivity index (χ2n) is 3.74. The number of halogens is 3. The van der Waals surface area contributed by atoms with Crippen LogP contribution in [-0.4, -0.2) is 24.0 Å². The van der Waals surface area contributed by atoms with Crippen LogP contribution in [0.3, 0.4) is 0 Å². The van der Waals surface area contributed by atoms with Crippen LogP contribution in [-0.2, 0) is 0 Å². The Kier molecular flexibility index (Phi) is 2.54. The Hall–Kier alpha value is -1.26. The molecule has 0 unspecified atom stereocenters. The van der Waals surface area contributed by atoms with Crippen LogP contribution in [0.5, 0.6) is 0 Å². The number of anilines is 1. The highest BCUT2D eigenvalue weighted by molar-refractivity contribution is 5.44. The number of pyridine rings is 1. The average molecular weight is 216 g/mol. The van der Waals surface area contributed by atoms with E-state index in [9.17, 15) is 13.2 Å². The SMILES string of the molecule is Fc1cncc(N2CCCC(F)(F)C2)c1. The molecule has 2 heterocycles. The van der Waals surface area contributed by atoms with Gasteiger partial charge in [0, 0.05) is 19.0 Å². The van der Waals surface area contributed by atoms with Crippen molar-refractivity contribution in [3.63, 3.8) is 0 Å². The number of hydrogen-bond acceptors (Lipinski definition) is 2. The van der Waals surface area contributed by atoms with E-state index in [4.69, 9.17) is 0 Å². The van der Waals surface area contributed by atoms with Gasteiger partial charge in [-0.25, -0.2) is 13.2 Å². The summed E-state index contributed by atoms with van der Waals surface area (Å²) in [5, 5.41) is 0. The zero-order chi connectivity index (χ0) is 10.9. The van der Waals surface area contributed by atoms with Gasteiger partial charge in [-0.2, -0.15) is 0 Å². The summed E-state index contributed by atoms with van der Waals surface area (Å²) in [5.41, 5.74) is 0.425. The van der Waals surface area contributed by atoms with Crippen molar-refractivity contribution in [3.05, 3.63) is 24.3 Å². The van der Waals surface area contributed by atoms with Crippen molar-refractivity contribution in [1.29, 1.82) is 0 Å². The van der Waals surface area contributed by atoms with Gasteiger partial charge in [0.1, 0.15) is 5.82 Å². The van der Waals surface area contributed by atoms with Crippen LogP contribution < -0.4 is 4.90 Å². The zero-order valence-electron chi connectivity index (χ0n) is 8.09. The van der Waals surface area contributed by atoms with Gasteiger partial charge in [-0.15, -0.1) is 0 Å². The molecule has 0 bridgehead atoms. The van der Waals surface area contributed by atoms with Gasteiger partial charge in [-0.05, 0) is 6.42 Å². The van der Waals surface area contributed by atoms with Crippen LogP contribution in [0.15, 0.2) is 18.5 Å². The largest absolute Gasteiger partial charge is 0.364 e. The highest BCUT2D eigenvalue weighted by Gasteiger charge is 2.35. The van der Waals surface area contributed by atoms with E-state index < -0.39 is 11.7 Å². The molecule has 0 amide bonds. The van der Waals surface area contributed by atoms with Gasteiger partial charge in [0.2, 0.25) is 0 Å². The van der Waals surface area contributed by atoms with E-state index in [1.54, 1.807) is 0 Å².